The van der Waals surface area contributed by atoms with Crippen molar-refractivity contribution in [2.75, 3.05) is 18.5 Å². The highest BCUT2D eigenvalue weighted by molar-refractivity contribution is 5.40. The van der Waals surface area contributed by atoms with Gasteiger partial charge in [0.05, 0.1) is 6.10 Å². The van der Waals surface area contributed by atoms with Gasteiger partial charge in [-0.05, 0) is 31.5 Å². The second kappa shape index (κ2) is 5.09. The molecule has 1 rings (SSSR count). The van der Waals surface area contributed by atoms with Gasteiger partial charge in [0.2, 0.25) is 0 Å². The molecule has 15 heavy (non-hydrogen) atoms. The first kappa shape index (κ1) is 11.9. The van der Waals surface area contributed by atoms with Gasteiger partial charge in [-0.1, -0.05) is 0 Å². The van der Waals surface area contributed by atoms with Crippen molar-refractivity contribution in [2.45, 2.75) is 26.0 Å². The molecule has 0 spiro atoms. The molecule has 1 aromatic heterocycles. The van der Waals surface area contributed by atoms with Crippen LogP contribution in [0.2, 0.25) is 0 Å². The molecule has 2 atom stereocenters. The number of nitrogens with two attached hydrogens (primary N) is 1. The molecular formula is C11H19N3O. The predicted octanol–water partition coefficient (Wildman–Crippen LogP) is 0.918. The van der Waals surface area contributed by atoms with Gasteiger partial charge in [0.1, 0.15) is 5.82 Å². The van der Waals surface area contributed by atoms with Crippen LogP contribution in [-0.4, -0.2) is 29.8 Å². The van der Waals surface area contributed by atoms with Gasteiger partial charge >= 0.3 is 0 Å². The molecule has 0 saturated heterocycles. The van der Waals surface area contributed by atoms with Crippen LogP contribution in [0.3, 0.4) is 0 Å². The third-order valence-electron chi connectivity index (χ3n) is 2.22. The minimum absolute atomic E-state index is 0.00620. The second-order valence-corrected chi connectivity index (χ2v) is 3.97. The first-order valence-electron chi connectivity index (χ1n) is 5.11. The van der Waals surface area contributed by atoms with Crippen LogP contribution in [0.4, 0.5) is 5.82 Å². The monoisotopic (exact) mass is 209 g/mol. The van der Waals surface area contributed by atoms with Gasteiger partial charge in [-0.15, -0.1) is 0 Å². The minimum Gasteiger partial charge on any atom is -0.392 e. The van der Waals surface area contributed by atoms with E-state index in [1.54, 1.807) is 13.1 Å². The van der Waals surface area contributed by atoms with Crippen molar-refractivity contribution in [2.24, 2.45) is 5.73 Å². The molecule has 0 aromatic carbocycles. The van der Waals surface area contributed by atoms with Crippen LogP contribution in [-0.2, 0) is 0 Å². The number of aromatic nitrogens is 1. The lowest BCUT2D eigenvalue weighted by molar-refractivity contribution is 0.201. The first-order chi connectivity index (χ1) is 7.00. The third-order valence-corrected chi connectivity index (χ3v) is 2.22. The molecule has 0 amide bonds. The summed E-state index contributed by atoms with van der Waals surface area (Å²) >= 11 is 0. The number of hydrogen-bond donors (Lipinski definition) is 2. The topological polar surface area (TPSA) is 62.4 Å². The Kier molecular flexibility index (Phi) is 4.05. The lowest BCUT2D eigenvalue weighted by atomic mass is 10.1. The second-order valence-electron chi connectivity index (χ2n) is 3.97. The van der Waals surface area contributed by atoms with E-state index in [2.05, 4.69) is 4.98 Å². The molecule has 0 bridgehead atoms. The van der Waals surface area contributed by atoms with Gasteiger partial charge in [0.15, 0.2) is 0 Å². The minimum atomic E-state index is -0.365. The van der Waals surface area contributed by atoms with Crippen molar-refractivity contribution in [1.29, 1.82) is 0 Å². The summed E-state index contributed by atoms with van der Waals surface area (Å²) < 4.78 is 0. The van der Waals surface area contributed by atoms with Gasteiger partial charge < -0.3 is 15.7 Å². The average molecular weight is 209 g/mol. The number of aliphatic hydroxyl groups excluding tert-OH is 1. The number of anilines is 1. The molecule has 84 valence electrons. The molecule has 4 heteroatoms. The zero-order valence-electron chi connectivity index (χ0n) is 9.51. The number of hydrogen-bond acceptors (Lipinski definition) is 4. The lowest BCUT2D eigenvalue weighted by Crippen LogP contribution is -2.27. The molecule has 0 aliphatic heterocycles. The SMILES string of the molecule is CC(O)CN(C)c1cc([C@@H](C)N)ccn1. The van der Waals surface area contributed by atoms with Gasteiger partial charge in [0, 0.05) is 25.8 Å². The van der Waals surface area contributed by atoms with Crippen LogP contribution in [0.25, 0.3) is 0 Å². The Morgan fingerprint density at radius 2 is 2.20 bits per heavy atom. The Morgan fingerprint density at radius 3 is 2.73 bits per heavy atom. The van der Waals surface area contributed by atoms with Crippen LogP contribution in [0, 0.1) is 0 Å². The normalized spacial score (nSPS) is 14.7. The Balaban J connectivity index is 2.80. The summed E-state index contributed by atoms with van der Waals surface area (Å²) in [6.45, 7) is 4.26. The van der Waals surface area contributed by atoms with Crippen LogP contribution >= 0.6 is 0 Å². The van der Waals surface area contributed by atoms with Crippen molar-refractivity contribution in [3.63, 3.8) is 0 Å². The molecule has 0 aliphatic rings. The standard InChI is InChI=1S/C11H19N3O/c1-8(15)7-14(3)11-6-10(9(2)12)4-5-13-11/h4-6,8-9,15H,7,12H2,1-3H3/t8?,9-/m1/s1. The fraction of sp³-hybridized carbons (Fsp3) is 0.545. The highest BCUT2D eigenvalue weighted by atomic mass is 16.3. The largest absolute Gasteiger partial charge is 0.392 e. The Morgan fingerprint density at radius 1 is 1.53 bits per heavy atom. The highest BCUT2D eigenvalue weighted by Gasteiger charge is 2.07. The fourth-order valence-corrected chi connectivity index (χ4v) is 1.42. The van der Waals surface area contributed by atoms with E-state index in [4.69, 9.17) is 5.73 Å². The molecule has 1 aromatic rings. The Hall–Kier alpha value is -1.13. The van der Waals surface area contributed by atoms with Crippen molar-refractivity contribution in [1.82, 2.24) is 4.98 Å². The third kappa shape index (κ3) is 3.49. The highest BCUT2D eigenvalue weighted by Crippen LogP contribution is 2.15. The van der Waals surface area contributed by atoms with E-state index in [1.807, 2.05) is 31.0 Å². The molecule has 1 unspecified atom stereocenters. The van der Waals surface area contributed by atoms with Crippen LogP contribution in [0.1, 0.15) is 25.5 Å². The van der Waals surface area contributed by atoms with Gasteiger partial charge in [0.25, 0.3) is 0 Å². The smallest absolute Gasteiger partial charge is 0.128 e. The molecule has 0 fully saturated rings. The summed E-state index contributed by atoms with van der Waals surface area (Å²) in [6.07, 6.45) is 1.38. The number of nitrogens with zero attached hydrogens (tertiary/aromatic N) is 2. The van der Waals surface area contributed by atoms with Crippen LogP contribution in [0.5, 0.6) is 0 Å². The predicted molar refractivity (Wildman–Crippen MR) is 61.8 cm³/mol. The maximum absolute atomic E-state index is 9.27. The maximum atomic E-state index is 9.27. The van der Waals surface area contributed by atoms with E-state index in [1.165, 1.54) is 0 Å². The fourth-order valence-electron chi connectivity index (χ4n) is 1.42. The molecule has 3 N–H and O–H groups in total. The number of aliphatic hydroxyl groups is 1. The van der Waals surface area contributed by atoms with Gasteiger partial charge in [-0.2, -0.15) is 0 Å². The number of pyridine rings is 1. The van der Waals surface area contributed by atoms with E-state index in [0.29, 0.717) is 6.54 Å². The zero-order valence-corrected chi connectivity index (χ0v) is 9.51. The first-order valence-corrected chi connectivity index (χ1v) is 5.11. The Bertz CT molecular complexity index is 312. The summed E-state index contributed by atoms with van der Waals surface area (Å²) in [4.78, 5) is 6.15. The molecule has 0 saturated carbocycles. The van der Waals surface area contributed by atoms with Crippen molar-refractivity contribution >= 4 is 5.82 Å². The summed E-state index contributed by atoms with van der Waals surface area (Å²) in [5.41, 5.74) is 6.84. The molecule has 4 nitrogen and oxygen atoms in total. The average Bonchev–Trinajstić information content (AvgIpc) is 2.17. The van der Waals surface area contributed by atoms with Gasteiger partial charge in [-0.25, -0.2) is 4.98 Å². The number of rotatable bonds is 4. The summed E-state index contributed by atoms with van der Waals surface area (Å²) in [7, 11) is 1.90. The van der Waals surface area contributed by atoms with Crippen LogP contribution in [0.15, 0.2) is 18.3 Å². The summed E-state index contributed by atoms with van der Waals surface area (Å²) in [5.74, 6) is 0.839. The van der Waals surface area contributed by atoms with E-state index >= 15 is 0 Å². The molecule has 0 radical (unpaired) electrons. The van der Waals surface area contributed by atoms with Crippen molar-refractivity contribution < 1.29 is 5.11 Å². The summed E-state index contributed by atoms with van der Waals surface area (Å²) in [6, 6.07) is 3.86. The molecule has 0 aliphatic carbocycles. The van der Waals surface area contributed by atoms with E-state index in [9.17, 15) is 5.11 Å². The molecular weight excluding hydrogens is 190 g/mol. The zero-order chi connectivity index (χ0) is 11.4. The Labute approximate surface area is 90.7 Å². The quantitative estimate of drug-likeness (QED) is 0.774. The van der Waals surface area contributed by atoms with E-state index < -0.39 is 0 Å². The maximum Gasteiger partial charge on any atom is 0.128 e. The lowest BCUT2D eigenvalue weighted by Gasteiger charge is -2.20. The van der Waals surface area contributed by atoms with E-state index in [-0.39, 0.29) is 12.1 Å². The number of likely N-dealkylation sites (N-methyl/N-ethyl adjacent to an activating group) is 1. The van der Waals surface area contributed by atoms with Gasteiger partial charge in [-0.3, -0.25) is 0 Å². The molecule has 1 heterocycles. The summed E-state index contributed by atoms with van der Waals surface area (Å²) in [5, 5.41) is 9.27. The van der Waals surface area contributed by atoms with E-state index in [0.717, 1.165) is 11.4 Å². The van der Waals surface area contributed by atoms with Crippen molar-refractivity contribution in [3.05, 3.63) is 23.9 Å². The van der Waals surface area contributed by atoms with Crippen LogP contribution < -0.4 is 10.6 Å². The van der Waals surface area contributed by atoms with Crippen molar-refractivity contribution in [3.8, 4) is 0 Å².